The van der Waals surface area contributed by atoms with Crippen LogP contribution in [0, 0.1) is 17.8 Å². The van der Waals surface area contributed by atoms with Crippen LogP contribution in [0.1, 0.15) is 57.8 Å². The number of hydrogen-bond acceptors (Lipinski definition) is 3. The molecule has 4 nitrogen and oxygen atoms in total. The number of amides is 1. The van der Waals surface area contributed by atoms with E-state index in [1.165, 1.54) is 51.4 Å². The number of nitrogens with one attached hydrogen (secondary N) is 1. The minimum Gasteiger partial charge on any atom is -0.376 e. The Bertz CT molecular complexity index is 351. The van der Waals surface area contributed by atoms with Crippen molar-refractivity contribution in [3.8, 4) is 0 Å². The topological polar surface area (TPSA) is 64.4 Å². The van der Waals surface area contributed by atoms with Crippen molar-refractivity contribution in [2.24, 2.45) is 23.5 Å². The summed E-state index contributed by atoms with van der Waals surface area (Å²) >= 11 is 0. The number of ether oxygens (including phenoxy) is 1. The maximum Gasteiger partial charge on any atom is 0.225 e. The molecule has 3 N–H and O–H groups in total. The van der Waals surface area contributed by atoms with E-state index in [4.69, 9.17) is 10.5 Å². The molecule has 4 atom stereocenters. The summed E-state index contributed by atoms with van der Waals surface area (Å²) in [6, 6.07) is 0.0894. The van der Waals surface area contributed by atoms with Crippen molar-refractivity contribution in [3.05, 3.63) is 0 Å². The highest BCUT2D eigenvalue weighted by molar-refractivity contribution is 5.80. The van der Waals surface area contributed by atoms with E-state index in [1.54, 1.807) is 0 Å². The first kappa shape index (κ1) is 15.3. The third-order valence-electron chi connectivity index (χ3n) is 5.84. The fourth-order valence-corrected chi connectivity index (χ4v) is 4.65. The number of rotatable bonds is 5. The summed E-state index contributed by atoms with van der Waals surface area (Å²) in [4.78, 5) is 12.3. The van der Waals surface area contributed by atoms with Crippen molar-refractivity contribution in [2.75, 3.05) is 13.2 Å². The Hall–Kier alpha value is -0.610. The zero-order chi connectivity index (χ0) is 14.7. The van der Waals surface area contributed by atoms with Crippen LogP contribution in [0.15, 0.2) is 0 Å². The first-order chi connectivity index (χ1) is 10.3. The first-order valence-corrected chi connectivity index (χ1v) is 8.90. The van der Waals surface area contributed by atoms with Crippen LogP contribution in [0.4, 0.5) is 0 Å². The van der Waals surface area contributed by atoms with E-state index in [0.717, 1.165) is 6.42 Å². The van der Waals surface area contributed by atoms with Crippen molar-refractivity contribution in [1.29, 1.82) is 0 Å². The molecule has 0 aromatic rings. The summed E-state index contributed by atoms with van der Waals surface area (Å²) in [7, 11) is 0. The molecule has 3 aliphatic rings. The molecular weight excluding hydrogens is 264 g/mol. The molecule has 4 unspecified atom stereocenters. The zero-order valence-corrected chi connectivity index (χ0v) is 13.1. The molecule has 0 spiro atoms. The summed E-state index contributed by atoms with van der Waals surface area (Å²) in [5.41, 5.74) is 6.21. The molecule has 1 amide bonds. The molecule has 0 radical (unpaired) electrons. The molecule has 3 rings (SSSR count). The molecule has 0 aromatic carbocycles. The molecular formula is C17H30N2O2. The van der Waals surface area contributed by atoms with Gasteiger partial charge in [0.15, 0.2) is 0 Å². The summed E-state index contributed by atoms with van der Waals surface area (Å²) in [6.07, 6.45) is 11.6. The van der Waals surface area contributed by atoms with Crippen LogP contribution in [0.25, 0.3) is 0 Å². The molecule has 3 fully saturated rings. The van der Waals surface area contributed by atoms with E-state index in [-0.39, 0.29) is 17.9 Å². The lowest BCUT2D eigenvalue weighted by Crippen LogP contribution is -2.46. The third kappa shape index (κ3) is 3.59. The number of hydrogen-bond donors (Lipinski definition) is 2. The fourth-order valence-electron chi connectivity index (χ4n) is 4.65. The van der Waals surface area contributed by atoms with Gasteiger partial charge in [-0.3, -0.25) is 4.79 Å². The molecule has 4 heteroatoms. The van der Waals surface area contributed by atoms with Gasteiger partial charge in [0.25, 0.3) is 0 Å². The highest BCUT2D eigenvalue weighted by Gasteiger charge is 2.48. The Morgan fingerprint density at radius 1 is 1.05 bits per heavy atom. The minimum atomic E-state index is 0.0571. The maximum absolute atomic E-state index is 12.3. The van der Waals surface area contributed by atoms with Gasteiger partial charge in [0.2, 0.25) is 5.91 Å². The van der Waals surface area contributed by atoms with Crippen molar-refractivity contribution >= 4 is 5.91 Å². The fraction of sp³-hybridized carbons (Fsp3) is 0.941. The van der Waals surface area contributed by atoms with Gasteiger partial charge in [-0.1, -0.05) is 25.7 Å². The van der Waals surface area contributed by atoms with Gasteiger partial charge < -0.3 is 15.8 Å². The SMILES string of the molecule is NC1C2CCC(C2)C1C(=O)NCCOC1CCCCCC1. The molecule has 0 saturated heterocycles. The highest BCUT2D eigenvalue weighted by atomic mass is 16.5. The highest BCUT2D eigenvalue weighted by Crippen LogP contribution is 2.47. The lowest BCUT2D eigenvalue weighted by atomic mass is 9.84. The number of fused-ring (bicyclic) bond motifs is 2. The van der Waals surface area contributed by atoms with E-state index in [0.29, 0.717) is 31.1 Å². The summed E-state index contributed by atoms with van der Waals surface area (Å²) in [6.45, 7) is 1.28. The largest absolute Gasteiger partial charge is 0.376 e. The summed E-state index contributed by atoms with van der Waals surface area (Å²) in [5.74, 6) is 1.35. The van der Waals surface area contributed by atoms with Gasteiger partial charge in [0.05, 0.1) is 18.6 Å². The van der Waals surface area contributed by atoms with Crippen molar-refractivity contribution in [1.82, 2.24) is 5.32 Å². The van der Waals surface area contributed by atoms with Gasteiger partial charge in [0, 0.05) is 12.6 Å². The molecule has 0 heterocycles. The van der Waals surface area contributed by atoms with Crippen molar-refractivity contribution in [3.63, 3.8) is 0 Å². The smallest absolute Gasteiger partial charge is 0.225 e. The molecule has 2 bridgehead atoms. The van der Waals surface area contributed by atoms with Gasteiger partial charge in [0.1, 0.15) is 0 Å². The van der Waals surface area contributed by atoms with Gasteiger partial charge in [-0.05, 0) is 43.9 Å². The average Bonchev–Trinajstić information content (AvgIpc) is 2.96. The van der Waals surface area contributed by atoms with Crippen LogP contribution >= 0.6 is 0 Å². The first-order valence-electron chi connectivity index (χ1n) is 8.90. The van der Waals surface area contributed by atoms with Crippen LogP contribution in [-0.2, 0) is 9.53 Å². The van der Waals surface area contributed by atoms with E-state index in [9.17, 15) is 4.79 Å². The quantitative estimate of drug-likeness (QED) is 0.603. The summed E-state index contributed by atoms with van der Waals surface area (Å²) in [5, 5.41) is 3.05. The van der Waals surface area contributed by atoms with Gasteiger partial charge in [-0.15, -0.1) is 0 Å². The van der Waals surface area contributed by atoms with Crippen LogP contribution in [0.5, 0.6) is 0 Å². The van der Waals surface area contributed by atoms with Crippen LogP contribution in [0.3, 0.4) is 0 Å². The predicted molar refractivity (Wildman–Crippen MR) is 82.7 cm³/mol. The zero-order valence-electron chi connectivity index (χ0n) is 13.1. The predicted octanol–water partition coefficient (Wildman–Crippen LogP) is 2.22. The Morgan fingerprint density at radius 2 is 1.76 bits per heavy atom. The van der Waals surface area contributed by atoms with Crippen molar-refractivity contribution in [2.45, 2.75) is 69.9 Å². The molecule has 120 valence electrons. The molecule has 0 aliphatic heterocycles. The Balaban J connectivity index is 1.34. The second kappa shape index (κ2) is 7.10. The standard InChI is InChI=1S/C17H30N2O2/c18-16-13-8-7-12(11-13)15(16)17(20)19-9-10-21-14-5-3-1-2-4-6-14/h12-16H,1-11,18H2,(H,19,20). The summed E-state index contributed by atoms with van der Waals surface area (Å²) < 4.78 is 5.92. The van der Waals surface area contributed by atoms with Gasteiger partial charge >= 0.3 is 0 Å². The third-order valence-corrected chi connectivity index (χ3v) is 5.84. The second-order valence-electron chi connectivity index (χ2n) is 7.21. The molecule has 21 heavy (non-hydrogen) atoms. The Kier molecular flexibility index (Phi) is 5.17. The van der Waals surface area contributed by atoms with Crippen LogP contribution in [-0.4, -0.2) is 31.2 Å². The van der Waals surface area contributed by atoms with E-state index >= 15 is 0 Å². The van der Waals surface area contributed by atoms with Gasteiger partial charge in [-0.25, -0.2) is 0 Å². The monoisotopic (exact) mass is 294 g/mol. The normalized spacial score (nSPS) is 36.6. The number of nitrogens with two attached hydrogens (primary N) is 1. The van der Waals surface area contributed by atoms with E-state index < -0.39 is 0 Å². The second-order valence-corrected chi connectivity index (χ2v) is 7.21. The Morgan fingerprint density at radius 3 is 2.43 bits per heavy atom. The lowest BCUT2D eigenvalue weighted by Gasteiger charge is -2.27. The molecule has 3 saturated carbocycles. The van der Waals surface area contributed by atoms with Gasteiger partial charge in [-0.2, -0.15) is 0 Å². The lowest BCUT2D eigenvalue weighted by molar-refractivity contribution is -0.127. The molecule has 3 aliphatic carbocycles. The minimum absolute atomic E-state index is 0.0571. The number of carbonyl (C=O) groups is 1. The van der Waals surface area contributed by atoms with Crippen LogP contribution in [0.2, 0.25) is 0 Å². The number of carbonyl (C=O) groups excluding carboxylic acids is 1. The maximum atomic E-state index is 12.3. The van der Waals surface area contributed by atoms with Crippen LogP contribution < -0.4 is 11.1 Å². The average molecular weight is 294 g/mol. The molecule has 0 aromatic heterocycles. The Labute approximate surface area is 128 Å². The van der Waals surface area contributed by atoms with E-state index in [2.05, 4.69) is 5.32 Å². The van der Waals surface area contributed by atoms with E-state index in [1.807, 2.05) is 0 Å². The van der Waals surface area contributed by atoms with Crippen molar-refractivity contribution < 1.29 is 9.53 Å².